The van der Waals surface area contributed by atoms with Crippen molar-refractivity contribution in [3.8, 4) is 11.1 Å². The van der Waals surface area contributed by atoms with Gasteiger partial charge in [-0.15, -0.1) is 0 Å². The molecule has 1 aliphatic heterocycles. The van der Waals surface area contributed by atoms with Crippen LogP contribution in [0.3, 0.4) is 0 Å². The van der Waals surface area contributed by atoms with Gasteiger partial charge in [0, 0.05) is 36.6 Å². The summed E-state index contributed by atoms with van der Waals surface area (Å²) in [4.78, 5) is 11.5. The van der Waals surface area contributed by atoms with Gasteiger partial charge in [0.25, 0.3) is 0 Å². The number of fused-ring (bicyclic) bond motifs is 1. The van der Waals surface area contributed by atoms with Crippen molar-refractivity contribution < 1.29 is 0 Å². The second kappa shape index (κ2) is 7.54. The van der Waals surface area contributed by atoms with Crippen molar-refractivity contribution in [3.63, 3.8) is 0 Å². The Morgan fingerprint density at radius 1 is 1.08 bits per heavy atom. The lowest BCUT2D eigenvalue weighted by atomic mass is 9.95. The second-order valence-electron chi connectivity index (χ2n) is 7.51. The van der Waals surface area contributed by atoms with Gasteiger partial charge in [-0.25, -0.2) is 9.50 Å². The lowest BCUT2D eigenvalue weighted by Gasteiger charge is -2.32. The first kappa shape index (κ1) is 17.2. The van der Waals surface area contributed by atoms with Crippen LogP contribution in [-0.4, -0.2) is 44.1 Å². The number of rotatable bonds is 5. The number of hydrogen-bond donors (Lipinski definition) is 0. The van der Waals surface area contributed by atoms with Crippen molar-refractivity contribution >= 4 is 5.65 Å². The standard InChI is InChI=1S/C21H27N5/c1-3-16(2)14-25-12-8-18(9-13-25)21-23-20-5-4-19(15-26(20)24-21)17-6-10-22-11-7-17/h4-7,10-11,15-16,18H,3,8-9,12-14H2,1-2H3/t16-/m1/s1. The van der Waals surface area contributed by atoms with Gasteiger partial charge in [0.2, 0.25) is 0 Å². The molecule has 3 aromatic rings. The van der Waals surface area contributed by atoms with Crippen molar-refractivity contribution in [1.82, 2.24) is 24.5 Å². The highest BCUT2D eigenvalue weighted by atomic mass is 15.3. The molecule has 0 bridgehead atoms. The van der Waals surface area contributed by atoms with Crippen LogP contribution < -0.4 is 0 Å². The van der Waals surface area contributed by atoms with Crippen LogP contribution >= 0.6 is 0 Å². The molecular weight excluding hydrogens is 322 g/mol. The molecule has 4 heterocycles. The molecule has 1 fully saturated rings. The maximum Gasteiger partial charge on any atom is 0.155 e. The number of hydrogen-bond acceptors (Lipinski definition) is 4. The zero-order valence-corrected chi connectivity index (χ0v) is 15.7. The molecule has 0 N–H and O–H groups in total. The quantitative estimate of drug-likeness (QED) is 0.698. The average Bonchev–Trinajstić information content (AvgIpc) is 3.12. The molecule has 5 nitrogen and oxygen atoms in total. The highest BCUT2D eigenvalue weighted by Crippen LogP contribution is 2.27. The lowest BCUT2D eigenvalue weighted by Crippen LogP contribution is -2.36. The predicted octanol–water partition coefficient (Wildman–Crippen LogP) is 4.02. The number of pyridine rings is 2. The predicted molar refractivity (Wildman–Crippen MR) is 104 cm³/mol. The molecule has 1 saturated heterocycles. The maximum absolute atomic E-state index is 4.80. The number of nitrogens with zero attached hydrogens (tertiary/aromatic N) is 5. The van der Waals surface area contributed by atoms with Gasteiger partial charge in [0.05, 0.1) is 0 Å². The lowest BCUT2D eigenvalue weighted by molar-refractivity contribution is 0.183. The fourth-order valence-corrected chi connectivity index (χ4v) is 3.73. The van der Waals surface area contributed by atoms with E-state index in [-0.39, 0.29) is 0 Å². The van der Waals surface area contributed by atoms with Gasteiger partial charge < -0.3 is 4.90 Å². The molecule has 136 valence electrons. The number of aromatic nitrogens is 4. The molecule has 0 spiro atoms. The van der Waals surface area contributed by atoms with E-state index < -0.39 is 0 Å². The molecule has 0 radical (unpaired) electrons. The van der Waals surface area contributed by atoms with Crippen LogP contribution in [0.25, 0.3) is 16.8 Å². The molecule has 1 atom stereocenters. The first-order valence-corrected chi connectivity index (χ1v) is 9.72. The van der Waals surface area contributed by atoms with Gasteiger partial charge in [0.15, 0.2) is 11.5 Å². The Balaban J connectivity index is 1.48. The third-order valence-corrected chi connectivity index (χ3v) is 5.58. The summed E-state index contributed by atoms with van der Waals surface area (Å²) in [6.07, 6.45) is 9.28. The summed E-state index contributed by atoms with van der Waals surface area (Å²) in [6, 6.07) is 8.21. The van der Waals surface area contributed by atoms with E-state index in [1.165, 1.54) is 13.0 Å². The van der Waals surface area contributed by atoms with Gasteiger partial charge in [-0.1, -0.05) is 20.3 Å². The molecule has 26 heavy (non-hydrogen) atoms. The van der Waals surface area contributed by atoms with E-state index >= 15 is 0 Å². The fraction of sp³-hybridized carbons (Fsp3) is 0.476. The average molecular weight is 349 g/mol. The Kier molecular flexibility index (Phi) is 4.98. The van der Waals surface area contributed by atoms with E-state index in [1.807, 2.05) is 29.0 Å². The number of likely N-dealkylation sites (tertiary alicyclic amines) is 1. The van der Waals surface area contributed by atoms with Gasteiger partial charge in [0.1, 0.15) is 0 Å². The Hall–Kier alpha value is -2.27. The first-order valence-electron chi connectivity index (χ1n) is 9.72. The van der Waals surface area contributed by atoms with Crippen LogP contribution in [0.4, 0.5) is 0 Å². The normalized spacial score (nSPS) is 17.6. The van der Waals surface area contributed by atoms with Crippen LogP contribution in [0.5, 0.6) is 0 Å². The molecule has 0 aromatic carbocycles. The SMILES string of the molecule is CC[C@@H](C)CN1CCC(c2nc3ccc(-c4ccncc4)cn3n2)CC1. The molecule has 4 rings (SSSR count). The third kappa shape index (κ3) is 3.63. The smallest absolute Gasteiger partial charge is 0.155 e. The molecule has 0 unspecified atom stereocenters. The summed E-state index contributed by atoms with van der Waals surface area (Å²) < 4.78 is 1.93. The minimum atomic E-state index is 0.479. The van der Waals surface area contributed by atoms with E-state index in [1.54, 1.807) is 0 Å². The zero-order valence-electron chi connectivity index (χ0n) is 15.7. The largest absolute Gasteiger partial charge is 0.303 e. The maximum atomic E-state index is 4.80. The number of piperidine rings is 1. The molecule has 0 aliphatic carbocycles. The molecule has 5 heteroatoms. The Labute approximate surface area is 155 Å². The summed E-state index contributed by atoms with van der Waals surface area (Å²) in [5, 5.41) is 4.80. The van der Waals surface area contributed by atoms with Crippen LogP contribution in [-0.2, 0) is 0 Å². The van der Waals surface area contributed by atoms with Crippen molar-refractivity contribution in [3.05, 3.63) is 48.7 Å². The Bertz CT molecular complexity index is 849. The highest BCUT2D eigenvalue weighted by Gasteiger charge is 2.24. The monoisotopic (exact) mass is 349 g/mol. The molecular formula is C21H27N5. The van der Waals surface area contributed by atoms with Crippen molar-refractivity contribution in [2.75, 3.05) is 19.6 Å². The summed E-state index contributed by atoms with van der Waals surface area (Å²) in [5.41, 5.74) is 3.22. The van der Waals surface area contributed by atoms with E-state index in [4.69, 9.17) is 10.1 Å². The summed E-state index contributed by atoms with van der Waals surface area (Å²) in [6.45, 7) is 8.16. The van der Waals surface area contributed by atoms with Crippen molar-refractivity contribution in [2.45, 2.75) is 39.0 Å². The van der Waals surface area contributed by atoms with Gasteiger partial charge in [-0.3, -0.25) is 4.98 Å². The second-order valence-corrected chi connectivity index (χ2v) is 7.51. The van der Waals surface area contributed by atoms with Crippen molar-refractivity contribution in [1.29, 1.82) is 0 Å². The summed E-state index contributed by atoms with van der Waals surface area (Å²) >= 11 is 0. The molecule has 1 aliphatic rings. The van der Waals surface area contributed by atoms with Gasteiger partial charge >= 0.3 is 0 Å². The Morgan fingerprint density at radius 2 is 1.85 bits per heavy atom. The van der Waals surface area contributed by atoms with Crippen LogP contribution in [0.2, 0.25) is 0 Å². The molecule has 3 aromatic heterocycles. The van der Waals surface area contributed by atoms with Crippen LogP contribution in [0.1, 0.15) is 44.9 Å². The zero-order chi connectivity index (χ0) is 17.9. The first-order chi connectivity index (χ1) is 12.7. The van der Waals surface area contributed by atoms with E-state index in [2.05, 4.69) is 42.1 Å². The van der Waals surface area contributed by atoms with Crippen LogP contribution in [0.15, 0.2) is 42.9 Å². The topological polar surface area (TPSA) is 46.3 Å². The Morgan fingerprint density at radius 3 is 2.58 bits per heavy atom. The molecule has 0 amide bonds. The summed E-state index contributed by atoms with van der Waals surface area (Å²) in [7, 11) is 0. The van der Waals surface area contributed by atoms with Crippen LogP contribution in [0, 0.1) is 5.92 Å². The van der Waals surface area contributed by atoms with Gasteiger partial charge in [-0.05, 0) is 61.7 Å². The molecule has 0 saturated carbocycles. The van der Waals surface area contributed by atoms with E-state index in [0.717, 1.165) is 54.4 Å². The highest BCUT2D eigenvalue weighted by molar-refractivity contribution is 5.63. The summed E-state index contributed by atoms with van der Waals surface area (Å²) in [5.74, 6) is 2.26. The third-order valence-electron chi connectivity index (χ3n) is 5.58. The van der Waals surface area contributed by atoms with E-state index in [9.17, 15) is 0 Å². The van der Waals surface area contributed by atoms with Crippen molar-refractivity contribution in [2.24, 2.45) is 5.92 Å². The van der Waals surface area contributed by atoms with E-state index in [0.29, 0.717) is 5.92 Å². The fourth-order valence-electron chi connectivity index (χ4n) is 3.73. The van der Waals surface area contributed by atoms with Gasteiger partial charge in [-0.2, -0.15) is 5.10 Å². The minimum Gasteiger partial charge on any atom is -0.303 e. The minimum absolute atomic E-state index is 0.479.